The Morgan fingerprint density at radius 2 is 2.09 bits per heavy atom. The van der Waals surface area contributed by atoms with Gasteiger partial charge in [-0.1, -0.05) is 6.92 Å². The number of halogens is 1. The highest BCUT2D eigenvalue weighted by atomic mass is 35.5. The molecule has 7 nitrogen and oxygen atoms in total. The molecule has 0 unspecified atom stereocenters. The molecular weight excluding hydrogens is 320 g/mol. The number of rotatable bonds is 5. The molecule has 0 saturated carbocycles. The highest BCUT2D eigenvalue weighted by Gasteiger charge is 2.25. The minimum Gasteiger partial charge on any atom is -0.393 e. The van der Waals surface area contributed by atoms with Crippen LogP contribution in [-0.4, -0.2) is 41.9 Å². The number of nitrogens with two attached hydrogens (primary N) is 1. The summed E-state index contributed by atoms with van der Waals surface area (Å²) in [7, 11) is 0. The van der Waals surface area contributed by atoms with Crippen LogP contribution in [0, 0.1) is 16.0 Å². The van der Waals surface area contributed by atoms with Crippen molar-refractivity contribution in [3.63, 3.8) is 0 Å². The Bertz CT molecular complexity index is 560. The minimum absolute atomic E-state index is 0. The first-order chi connectivity index (χ1) is 10.5. The van der Waals surface area contributed by atoms with Crippen LogP contribution in [0.15, 0.2) is 18.2 Å². The average Bonchev–Trinajstić information content (AvgIpc) is 2.53. The Morgan fingerprint density at radius 1 is 1.43 bits per heavy atom. The number of amides is 1. The van der Waals surface area contributed by atoms with Gasteiger partial charge in [-0.2, -0.15) is 0 Å². The summed E-state index contributed by atoms with van der Waals surface area (Å²) in [6, 6.07) is 4.24. The first-order valence-corrected chi connectivity index (χ1v) is 7.56. The zero-order valence-corrected chi connectivity index (χ0v) is 14.0. The second kappa shape index (κ2) is 8.69. The minimum atomic E-state index is -0.561. The third-order valence-corrected chi connectivity index (χ3v) is 4.06. The molecule has 8 heteroatoms. The number of carbonyl (C=O) groups excluding carboxylic acids is 1. The number of hydrogen-bond acceptors (Lipinski definition) is 5. The number of nitrogens with one attached hydrogen (secondary N) is 1. The van der Waals surface area contributed by atoms with E-state index < -0.39 is 4.92 Å². The summed E-state index contributed by atoms with van der Waals surface area (Å²) in [5, 5.41) is 14.2. The highest BCUT2D eigenvalue weighted by molar-refractivity contribution is 5.95. The van der Waals surface area contributed by atoms with E-state index in [4.69, 9.17) is 5.73 Å². The van der Waals surface area contributed by atoms with Crippen molar-refractivity contribution in [3.05, 3.63) is 33.9 Å². The maximum atomic E-state index is 12.5. The van der Waals surface area contributed by atoms with E-state index in [-0.39, 0.29) is 29.7 Å². The third kappa shape index (κ3) is 4.80. The lowest BCUT2D eigenvalue weighted by Crippen LogP contribution is -2.40. The molecule has 1 fully saturated rings. The molecule has 3 N–H and O–H groups in total. The van der Waals surface area contributed by atoms with Gasteiger partial charge in [0, 0.05) is 24.7 Å². The molecule has 1 aliphatic rings. The van der Waals surface area contributed by atoms with E-state index in [1.165, 1.54) is 12.1 Å². The highest BCUT2D eigenvalue weighted by Crippen LogP contribution is 2.24. The van der Waals surface area contributed by atoms with E-state index in [0.717, 1.165) is 25.9 Å². The van der Waals surface area contributed by atoms with Crippen LogP contribution in [0.2, 0.25) is 0 Å². The molecule has 128 valence electrons. The lowest BCUT2D eigenvalue weighted by molar-refractivity contribution is -0.383. The number of carbonyl (C=O) groups is 1. The number of anilines is 1. The van der Waals surface area contributed by atoms with Crippen LogP contribution >= 0.6 is 12.4 Å². The van der Waals surface area contributed by atoms with Gasteiger partial charge < -0.3 is 16.0 Å². The van der Waals surface area contributed by atoms with Crippen molar-refractivity contribution in [2.45, 2.75) is 19.8 Å². The predicted molar refractivity (Wildman–Crippen MR) is 91.9 cm³/mol. The van der Waals surface area contributed by atoms with Gasteiger partial charge in [-0.25, -0.2) is 0 Å². The fourth-order valence-electron chi connectivity index (χ4n) is 2.71. The molecular formula is C15H23ClN4O3. The number of nitro groups is 1. The van der Waals surface area contributed by atoms with Crippen molar-refractivity contribution in [3.8, 4) is 0 Å². The maximum Gasteiger partial charge on any atom is 0.292 e. The molecule has 0 radical (unpaired) electrons. The van der Waals surface area contributed by atoms with Crippen LogP contribution in [0.1, 0.15) is 30.1 Å². The SMILES string of the molecule is CCNCC1CCN(C(=O)c2ccc(N)c([N+](=O)[O-])c2)CC1.Cl. The zero-order valence-electron chi connectivity index (χ0n) is 13.2. The molecule has 1 aromatic carbocycles. The number of piperidine rings is 1. The summed E-state index contributed by atoms with van der Waals surface area (Å²) < 4.78 is 0. The largest absolute Gasteiger partial charge is 0.393 e. The Hall–Kier alpha value is -1.86. The van der Waals surface area contributed by atoms with Crippen LogP contribution in [0.3, 0.4) is 0 Å². The van der Waals surface area contributed by atoms with Crippen molar-refractivity contribution in [1.29, 1.82) is 0 Å². The summed E-state index contributed by atoms with van der Waals surface area (Å²) in [4.78, 5) is 24.6. The van der Waals surface area contributed by atoms with Gasteiger partial charge in [0.25, 0.3) is 11.6 Å². The van der Waals surface area contributed by atoms with Crippen molar-refractivity contribution < 1.29 is 9.72 Å². The first kappa shape index (κ1) is 19.2. The summed E-state index contributed by atoms with van der Waals surface area (Å²) >= 11 is 0. The van der Waals surface area contributed by atoms with Crippen LogP contribution in [-0.2, 0) is 0 Å². The van der Waals surface area contributed by atoms with Crippen LogP contribution in [0.4, 0.5) is 11.4 Å². The molecule has 1 saturated heterocycles. The fraction of sp³-hybridized carbons (Fsp3) is 0.533. The standard InChI is InChI=1S/C15H22N4O3.ClH/c1-2-17-10-11-5-7-18(8-6-11)15(20)12-3-4-13(16)14(9-12)19(21)22;/h3-4,9,11,17H,2,5-8,10,16H2,1H3;1H. The van der Waals surface area contributed by atoms with Crippen LogP contribution in [0.25, 0.3) is 0 Å². The maximum absolute atomic E-state index is 12.5. The van der Waals surface area contributed by atoms with Gasteiger partial charge in [0.1, 0.15) is 5.69 Å². The third-order valence-electron chi connectivity index (χ3n) is 4.06. The van der Waals surface area contributed by atoms with Gasteiger partial charge >= 0.3 is 0 Å². The summed E-state index contributed by atoms with van der Waals surface area (Å²) in [5.41, 5.74) is 5.75. The molecule has 1 amide bonds. The summed E-state index contributed by atoms with van der Waals surface area (Å²) in [6.07, 6.45) is 1.91. The van der Waals surface area contributed by atoms with Crippen LogP contribution < -0.4 is 11.1 Å². The van der Waals surface area contributed by atoms with Gasteiger partial charge in [-0.05, 0) is 44.0 Å². The summed E-state index contributed by atoms with van der Waals surface area (Å²) in [6.45, 7) is 5.38. The Labute approximate surface area is 141 Å². The number of nitrogen functional groups attached to an aromatic ring is 1. The number of nitrogens with zero attached hydrogens (tertiary/aromatic N) is 2. The van der Waals surface area contributed by atoms with Gasteiger partial charge in [-0.3, -0.25) is 14.9 Å². The van der Waals surface area contributed by atoms with E-state index in [0.29, 0.717) is 24.6 Å². The first-order valence-electron chi connectivity index (χ1n) is 7.56. The molecule has 0 aliphatic carbocycles. The van der Waals surface area contributed by atoms with Crippen molar-refractivity contribution in [2.75, 3.05) is 31.9 Å². The lowest BCUT2D eigenvalue weighted by Gasteiger charge is -2.32. The molecule has 0 aromatic heterocycles. The second-order valence-electron chi connectivity index (χ2n) is 5.57. The van der Waals surface area contributed by atoms with Crippen LogP contribution in [0.5, 0.6) is 0 Å². The fourth-order valence-corrected chi connectivity index (χ4v) is 2.71. The quantitative estimate of drug-likeness (QED) is 0.484. The number of benzene rings is 1. The number of hydrogen-bond donors (Lipinski definition) is 2. The molecule has 1 aromatic rings. The second-order valence-corrected chi connectivity index (χ2v) is 5.57. The monoisotopic (exact) mass is 342 g/mol. The Kier molecular flexibility index (Phi) is 7.25. The number of likely N-dealkylation sites (tertiary alicyclic amines) is 1. The molecule has 23 heavy (non-hydrogen) atoms. The molecule has 1 aliphatic heterocycles. The number of nitro benzene ring substituents is 1. The molecule has 0 spiro atoms. The van der Waals surface area contributed by atoms with E-state index >= 15 is 0 Å². The van der Waals surface area contributed by atoms with E-state index in [2.05, 4.69) is 12.2 Å². The van der Waals surface area contributed by atoms with Gasteiger partial charge in [-0.15, -0.1) is 12.4 Å². The molecule has 0 atom stereocenters. The molecule has 1 heterocycles. The van der Waals surface area contributed by atoms with Gasteiger partial charge in [0.05, 0.1) is 4.92 Å². The molecule has 0 bridgehead atoms. The smallest absolute Gasteiger partial charge is 0.292 e. The topological polar surface area (TPSA) is 102 Å². The normalized spacial score (nSPS) is 15.1. The van der Waals surface area contributed by atoms with Gasteiger partial charge in [0.2, 0.25) is 0 Å². The Balaban J connectivity index is 0.00000264. The predicted octanol–water partition coefficient (Wildman–Crippen LogP) is 2.06. The van der Waals surface area contributed by atoms with Gasteiger partial charge in [0.15, 0.2) is 0 Å². The molecule has 2 rings (SSSR count). The van der Waals surface area contributed by atoms with E-state index in [9.17, 15) is 14.9 Å². The Morgan fingerprint density at radius 3 is 2.65 bits per heavy atom. The van der Waals surface area contributed by atoms with Crippen molar-refractivity contribution in [1.82, 2.24) is 10.2 Å². The van der Waals surface area contributed by atoms with E-state index in [1.807, 2.05) is 0 Å². The van der Waals surface area contributed by atoms with Crippen molar-refractivity contribution >= 4 is 29.7 Å². The van der Waals surface area contributed by atoms with E-state index in [1.54, 1.807) is 11.0 Å². The summed E-state index contributed by atoms with van der Waals surface area (Å²) in [5.74, 6) is 0.426. The average molecular weight is 343 g/mol. The van der Waals surface area contributed by atoms with Crippen molar-refractivity contribution in [2.24, 2.45) is 5.92 Å². The zero-order chi connectivity index (χ0) is 16.1. The lowest BCUT2D eigenvalue weighted by atomic mass is 9.96.